The number of benzene rings is 1. The van der Waals surface area contributed by atoms with Gasteiger partial charge < -0.3 is 10.1 Å². The molecule has 5 heteroatoms. The zero-order chi connectivity index (χ0) is 14.7. The highest BCUT2D eigenvalue weighted by Crippen LogP contribution is 2.25. The van der Waals surface area contributed by atoms with Crippen LogP contribution in [0.4, 0.5) is 10.1 Å². The number of halogens is 2. The summed E-state index contributed by atoms with van der Waals surface area (Å²) in [6.07, 6.45) is 1.67. The van der Waals surface area contributed by atoms with Gasteiger partial charge in [-0.05, 0) is 43.2 Å². The molecule has 1 unspecified atom stereocenters. The average molecular weight is 295 g/mol. The molecule has 0 amide bonds. The van der Waals surface area contributed by atoms with E-state index in [9.17, 15) is 4.39 Å². The predicted molar refractivity (Wildman–Crippen MR) is 79.0 cm³/mol. The minimum absolute atomic E-state index is 0.00752. The van der Waals surface area contributed by atoms with E-state index in [0.717, 1.165) is 16.8 Å². The quantitative estimate of drug-likeness (QED) is 0.851. The number of ether oxygens (including phenoxy) is 1. The van der Waals surface area contributed by atoms with Crippen molar-refractivity contribution in [3.05, 3.63) is 52.6 Å². The van der Waals surface area contributed by atoms with E-state index in [1.165, 1.54) is 13.2 Å². The van der Waals surface area contributed by atoms with E-state index in [1.54, 1.807) is 18.3 Å². The maximum atomic E-state index is 13.4. The molecule has 0 aliphatic carbocycles. The smallest absolute Gasteiger partial charge is 0.165 e. The second-order valence-corrected chi connectivity index (χ2v) is 4.95. The van der Waals surface area contributed by atoms with Gasteiger partial charge in [0.25, 0.3) is 0 Å². The molecule has 0 aliphatic rings. The van der Waals surface area contributed by atoms with E-state index in [-0.39, 0.29) is 17.6 Å². The lowest BCUT2D eigenvalue weighted by molar-refractivity contribution is 0.385. The van der Waals surface area contributed by atoms with E-state index in [2.05, 4.69) is 10.3 Å². The maximum absolute atomic E-state index is 13.4. The first-order valence-electron chi connectivity index (χ1n) is 6.23. The van der Waals surface area contributed by atoms with Gasteiger partial charge in [0.1, 0.15) is 5.15 Å². The second kappa shape index (κ2) is 6.09. The highest BCUT2D eigenvalue weighted by Gasteiger charge is 2.10. The van der Waals surface area contributed by atoms with Gasteiger partial charge in [-0.1, -0.05) is 17.7 Å². The fourth-order valence-corrected chi connectivity index (χ4v) is 2.02. The minimum atomic E-state index is -0.368. The molecule has 0 bridgehead atoms. The summed E-state index contributed by atoms with van der Waals surface area (Å²) in [5.74, 6) is -0.131. The number of methoxy groups -OCH3 is 1. The largest absolute Gasteiger partial charge is 0.494 e. The third-order valence-electron chi connectivity index (χ3n) is 3.07. The van der Waals surface area contributed by atoms with Gasteiger partial charge in [0.05, 0.1) is 19.0 Å². The molecule has 3 nitrogen and oxygen atoms in total. The number of hydrogen-bond acceptors (Lipinski definition) is 3. The summed E-state index contributed by atoms with van der Waals surface area (Å²) in [5.41, 5.74) is 2.69. The minimum Gasteiger partial charge on any atom is -0.494 e. The second-order valence-electron chi connectivity index (χ2n) is 4.59. The van der Waals surface area contributed by atoms with Gasteiger partial charge in [-0.25, -0.2) is 9.37 Å². The monoisotopic (exact) mass is 294 g/mol. The molecule has 0 radical (unpaired) electrons. The summed E-state index contributed by atoms with van der Waals surface area (Å²) in [7, 11) is 1.45. The SMILES string of the molecule is COc1cc(C(C)Nc2cnc(Cl)c(C)c2)ccc1F. The molecule has 0 spiro atoms. The van der Waals surface area contributed by atoms with Crippen molar-refractivity contribution in [1.29, 1.82) is 0 Å². The molecular formula is C15H16ClFN2O. The third kappa shape index (κ3) is 3.20. The molecule has 1 heterocycles. The maximum Gasteiger partial charge on any atom is 0.165 e. The van der Waals surface area contributed by atoms with Crippen molar-refractivity contribution in [3.63, 3.8) is 0 Å². The number of pyridine rings is 1. The van der Waals surface area contributed by atoms with Crippen LogP contribution < -0.4 is 10.1 Å². The Morgan fingerprint density at radius 3 is 2.75 bits per heavy atom. The van der Waals surface area contributed by atoms with Crippen LogP contribution in [-0.2, 0) is 0 Å². The molecule has 1 N–H and O–H groups in total. The summed E-state index contributed by atoms with van der Waals surface area (Å²) in [5, 5.41) is 3.79. The Bertz CT molecular complexity index is 619. The van der Waals surface area contributed by atoms with Gasteiger partial charge in [-0.2, -0.15) is 0 Å². The molecule has 20 heavy (non-hydrogen) atoms. The topological polar surface area (TPSA) is 34.1 Å². The lowest BCUT2D eigenvalue weighted by Gasteiger charge is -2.17. The fraction of sp³-hybridized carbons (Fsp3) is 0.267. The van der Waals surface area contributed by atoms with Crippen molar-refractivity contribution < 1.29 is 9.13 Å². The van der Waals surface area contributed by atoms with Gasteiger partial charge in [-0.3, -0.25) is 0 Å². The summed E-state index contributed by atoms with van der Waals surface area (Å²) in [6.45, 7) is 3.88. The number of aromatic nitrogens is 1. The zero-order valence-corrected chi connectivity index (χ0v) is 12.3. The van der Waals surface area contributed by atoms with Gasteiger partial charge in [0.2, 0.25) is 0 Å². The van der Waals surface area contributed by atoms with Crippen molar-refractivity contribution in [2.45, 2.75) is 19.9 Å². The van der Waals surface area contributed by atoms with Crippen LogP contribution in [0.5, 0.6) is 5.75 Å². The lowest BCUT2D eigenvalue weighted by Crippen LogP contribution is -2.07. The molecule has 2 aromatic rings. The van der Waals surface area contributed by atoms with Crippen LogP contribution in [-0.4, -0.2) is 12.1 Å². The number of aryl methyl sites for hydroxylation is 1. The third-order valence-corrected chi connectivity index (χ3v) is 3.47. The summed E-state index contributed by atoms with van der Waals surface area (Å²) in [6, 6.07) is 6.73. The Morgan fingerprint density at radius 1 is 1.35 bits per heavy atom. The average Bonchev–Trinajstić information content (AvgIpc) is 2.43. The van der Waals surface area contributed by atoms with Crippen LogP contribution in [0.25, 0.3) is 0 Å². The highest BCUT2D eigenvalue weighted by atomic mass is 35.5. The van der Waals surface area contributed by atoms with Gasteiger partial charge in [0, 0.05) is 6.04 Å². The van der Waals surface area contributed by atoms with Crippen molar-refractivity contribution in [2.75, 3.05) is 12.4 Å². The van der Waals surface area contributed by atoms with E-state index in [0.29, 0.717) is 5.15 Å². The normalized spacial score (nSPS) is 12.1. The lowest BCUT2D eigenvalue weighted by atomic mass is 10.1. The van der Waals surface area contributed by atoms with Crippen LogP contribution in [0.3, 0.4) is 0 Å². The number of nitrogens with one attached hydrogen (secondary N) is 1. The zero-order valence-electron chi connectivity index (χ0n) is 11.6. The van der Waals surface area contributed by atoms with Crippen LogP contribution >= 0.6 is 11.6 Å². The van der Waals surface area contributed by atoms with E-state index >= 15 is 0 Å². The Hall–Kier alpha value is -1.81. The van der Waals surface area contributed by atoms with Crippen molar-refractivity contribution in [2.24, 2.45) is 0 Å². The standard InChI is InChI=1S/C15H16ClFN2O/c1-9-6-12(8-18-15(9)16)19-10(2)11-4-5-13(17)14(7-11)20-3/h4-8,10,19H,1-3H3. The van der Waals surface area contributed by atoms with E-state index in [1.807, 2.05) is 19.9 Å². The van der Waals surface area contributed by atoms with Gasteiger partial charge in [0.15, 0.2) is 11.6 Å². The van der Waals surface area contributed by atoms with Crippen LogP contribution in [0.1, 0.15) is 24.1 Å². The molecule has 106 valence electrons. The fourth-order valence-electron chi connectivity index (χ4n) is 1.92. The molecule has 1 aromatic carbocycles. The predicted octanol–water partition coefficient (Wildman–Crippen LogP) is 4.36. The Morgan fingerprint density at radius 2 is 2.10 bits per heavy atom. The number of rotatable bonds is 4. The van der Waals surface area contributed by atoms with Crippen molar-refractivity contribution in [3.8, 4) is 5.75 Å². The van der Waals surface area contributed by atoms with Crippen LogP contribution in [0.15, 0.2) is 30.5 Å². The molecule has 0 aliphatic heterocycles. The molecule has 0 saturated carbocycles. The summed E-state index contributed by atoms with van der Waals surface area (Å²) in [4.78, 5) is 4.09. The van der Waals surface area contributed by atoms with E-state index < -0.39 is 0 Å². The summed E-state index contributed by atoms with van der Waals surface area (Å²) < 4.78 is 18.4. The van der Waals surface area contributed by atoms with Gasteiger partial charge in [-0.15, -0.1) is 0 Å². The summed E-state index contributed by atoms with van der Waals surface area (Å²) >= 11 is 5.89. The number of nitrogens with zero attached hydrogens (tertiary/aromatic N) is 1. The Kier molecular flexibility index (Phi) is 4.45. The number of hydrogen-bond donors (Lipinski definition) is 1. The van der Waals surface area contributed by atoms with Crippen molar-refractivity contribution in [1.82, 2.24) is 4.98 Å². The molecular weight excluding hydrogens is 279 g/mol. The Balaban J connectivity index is 2.19. The van der Waals surface area contributed by atoms with Crippen molar-refractivity contribution >= 4 is 17.3 Å². The van der Waals surface area contributed by atoms with Crippen LogP contribution in [0, 0.1) is 12.7 Å². The van der Waals surface area contributed by atoms with E-state index in [4.69, 9.17) is 16.3 Å². The molecule has 0 saturated heterocycles. The molecule has 0 fully saturated rings. The first-order valence-corrected chi connectivity index (χ1v) is 6.61. The first-order chi connectivity index (χ1) is 9.51. The molecule has 2 rings (SSSR count). The molecule has 1 atom stereocenters. The highest BCUT2D eigenvalue weighted by molar-refractivity contribution is 6.30. The number of anilines is 1. The van der Waals surface area contributed by atoms with Gasteiger partial charge >= 0.3 is 0 Å². The molecule has 1 aromatic heterocycles. The first kappa shape index (κ1) is 14.6. The Labute approximate surface area is 122 Å². The van der Waals surface area contributed by atoms with Crippen LogP contribution in [0.2, 0.25) is 5.15 Å².